The van der Waals surface area contributed by atoms with Gasteiger partial charge in [-0.3, -0.25) is 14.9 Å². The van der Waals surface area contributed by atoms with Crippen molar-refractivity contribution in [3.05, 3.63) is 39.7 Å². The van der Waals surface area contributed by atoms with E-state index < -0.39 is 22.3 Å². The average Bonchev–Trinajstić information content (AvgIpc) is 2.46. The van der Waals surface area contributed by atoms with Crippen molar-refractivity contribution < 1.29 is 19.2 Å². The number of likely N-dealkylation sites (tertiary alicyclic amines) is 1. The summed E-state index contributed by atoms with van der Waals surface area (Å²) < 4.78 is 13.3. The largest absolute Gasteiger partial charge is 0.394 e. The lowest BCUT2D eigenvalue weighted by atomic mass is 10.0. The molecule has 0 aromatic heterocycles. The van der Waals surface area contributed by atoms with Gasteiger partial charge in [0, 0.05) is 12.6 Å². The summed E-state index contributed by atoms with van der Waals surface area (Å²) in [7, 11) is 0. The summed E-state index contributed by atoms with van der Waals surface area (Å²) in [4.78, 5) is 24.0. The molecule has 108 valence electrons. The van der Waals surface area contributed by atoms with Crippen LogP contribution in [0.5, 0.6) is 0 Å². The number of carbonyl (C=O) groups is 1. The number of aliphatic hydroxyl groups excluding tert-OH is 1. The van der Waals surface area contributed by atoms with E-state index in [1.54, 1.807) is 0 Å². The fourth-order valence-electron chi connectivity index (χ4n) is 2.45. The molecule has 1 fully saturated rings. The Kier molecular flexibility index (Phi) is 4.29. The number of nitro groups is 1. The second-order valence-corrected chi connectivity index (χ2v) is 4.75. The van der Waals surface area contributed by atoms with Crippen LogP contribution in [0.4, 0.5) is 10.1 Å². The van der Waals surface area contributed by atoms with Crippen LogP contribution in [0.1, 0.15) is 29.6 Å². The second-order valence-electron chi connectivity index (χ2n) is 4.75. The van der Waals surface area contributed by atoms with Gasteiger partial charge in [0.15, 0.2) is 0 Å². The molecular formula is C13H15FN2O4. The Morgan fingerprint density at radius 3 is 2.90 bits per heavy atom. The molecule has 1 amide bonds. The maximum Gasteiger partial charge on any atom is 0.282 e. The molecule has 0 saturated carbocycles. The molecule has 1 saturated heterocycles. The van der Waals surface area contributed by atoms with E-state index in [0.29, 0.717) is 13.0 Å². The van der Waals surface area contributed by atoms with Crippen molar-refractivity contribution in [3.8, 4) is 0 Å². The fraction of sp³-hybridized carbons (Fsp3) is 0.462. The Bertz CT molecular complexity index is 535. The van der Waals surface area contributed by atoms with E-state index in [0.717, 1.165) is 31.0 Å². The third-order valence-corrected chi connectivity index (χ3v) is 3.48. The average molecular weight is 282 g/mol. The van der Waals surface area contributed by atoms with Gasteiger partial charge in [-0.25, -0.2) is 4.39 Å². The van der Waals surface area contributed by atoms with Gasteiger partial charge in [0.25, 0.3) is 11.6 Å². The standard InChI is InChI=1S/C13H15FN2O4/c14-9-4-5-12(16(19)20)11(7-9)13(18)15-6-2-1-3-10(15)8-17/h4-5,7,10,17H,1-3,6,8H2. The lowest BCUT2D eigenvalue weighted by Crippen LogP contribution is -2.45. The van der Waals surface area contributed by atoms with E-state index in [-0.39, 0.29) is 18.2 Å². The van der Waals surface area contributed by atoms with Crippen LogP contribution in [0, 0.1) is 15.9 Å². The molecule has 2 rings (SSSR count). The van der Waals surface area contributed by atoms with Gasteiger partial charge in [-0.2, -0.15) is 0 Å². The van der Waals surface area contributed by atoms with Crippen LogP contribution in [-0.4, -0.2) is 40.0 Å². The molecule has 20 heavy (non-hydrogen) atoms. The summed E-state index contributed by atoms with van der Waals surface area (Å²) in [5, 5.41) is 20.2. The van der Waals surface area contributed by atoms with E-state index in [1.165, 1.54) is 4.90 Å². The third kappa shape index (κ3) is 2.77. The summed E-state index contributed by atoms with van der Waals surface area (Å²) in [5.74, 6) is -1.30. The number of carbonyl (C=O) groups excluding carboxylic acids is 1. The number of hydrogen-bond acceptors (Lipinski definition) is 4. The molecule has 6 nitrogen and oxygen atoms in total. The molecule has 1 aliphatic heterocycles. The van der Waals surface area contributed by atoms with E-state index >= 15 is 0 Å². The highest BCUT2D eigenvalue weighted by Gasteiger charge is 2.31. The Balaban J connectivity index is 2.36. The summed E-state index contributed by atoms with van der Waals surface area (Å²) in [6.45, 7) is 0.215. The normalized spacial score (nSPS) is 18.9. The summed E-state index contributed by atoms with van der Waals surface area (Å²) >= 11 is 0. The molecule has 7 heteroatoms. The monoisotopic (exact) mass is 282 g/mol. The maximum atomic E-state index is 13.3. The molecular weight excluding hydrogens is 267 g/mol. The third-order valence-electron chi connectivity index (χ3n) is 3.48. The highest BCUT2D eigenvalue weighted by molar-refractivity contribution is 5.98. The number of amides is 1. The van der Waals surface area contributed by atoms with Crippen molar-refractivity contribution in [1.82, 2.24) is 4.90 Å². The van der Waals surface area contributed by atoms with Gasteiger partial charge >= 0.3 is 0 Å². The van der Waals surface area contributed by atoms with E-state index in [4.69, 9.17) is 0 Å². The molecule has 1 unspecified atom stereocenters. The predicted octanol–water partition coefficient (Wildman–Crippen LogP) is 1.72. The number of rotatable bonds is 3. The van der Waals surface area contributed by atoms with Crippen LogP contribution < -0.4 is 0 Å². The van der Waals surface area contributed by atoms with Gasteiger partial charge in [0.1, 0.15) is 11.4 Å². The lowest BCUT2D eigenvalue weighted by molar-refractivity contribution is -0.385. The van der Waals surface area contributed by atoms with Gasteiger partial charge < -0.3 is 10.0 Å². The zero-order chi connectivity index (χ0) is 14.7. The summed E-state index contributed by atoms with van der Waals surface area (Å²) in [6.07, 6.45) is 2.30. The summed E-state index contributed by atoms with van der Waals surface area (Å²) in [5.41, 5.74) is -0.686. The van der Waals surface area contributed by atoms with Crippen molar-refractivity contribution in [2.75, 3.05) is 13.2 Å². The number of nitrogens with zero attached hydrogens (tertiary/aromatic N) is 2. The van der Waals surface area contributed by atoms with E-state index in [1.807, 2.05) is 0 Å². The van der Waals surface area contributed by atoms with Gasteiger partial charge in [-0.05, 0) is 31.4 Å². The number of nitro benzene ring substituents is 1. The molecule has 0 aliphatic carbocycles. The van der Waals surface area contributed by atoms with Crippen LogP contribution in [-0.2, 0) is 0 Å². The van der Waals surface area contributed by atoms with Crippen LogP contribution in [0.3, 0.4) is 0 Å². The van der Waals surface area contributed by atoms with E-state index in [9.17, 15) is 24.4 Å². The van der Waals surface area contributed by atoms with Crippen molar-refractivity contribution in [1.29, 1.82) is 0 Å². The molecule has 1 aromatic carbocycles. The first-order valence-corrected chi connectivity index (χ1v) is 6.40. The molecule has 1 N–H and O–H groups in total. The molecule has 1 aliphatic rings. The summed E-state index contributed by atoms with van der Waals surface area (Å²) in [6, 6.07) is 2.46. The van der Waals surface area contributed by atoms with Gasteiger partial charge in [0.05, 0.1) is 17.6 Å². The first kappa shape index (κ1) is 14.4. The van der Waals surface area contributed by atoms with Gasteiger partial charge in [-0.1, -0.05) is 0 Å². The minimum absolute atomic E-state index is 0.200. The Labute approximate surface area is 115 Å². The first-order chi connectivity index (χ1) is 9.54. The quantitative estimate of drug-likeness (QED) is 0.676. The van der Waals surface area contributed by atoms with E-state index in [2.05, 4.69) is 0 Å². The topological polar surface area (TPSA) is 83.7 Å². The van der Waals surface area contributed by atoms with Crippen LogP contribution in [0.25, 0.3) is 0 Å². The highest BCUT2D eigenvalue weighted by atomic mass is 19.1. The molecule has 1 heterocycles. The smallest absolute Gasteiger partial charge is 0.282 e. The number of halogens is 1. The van der Waals surface area contributed by atoms with Crippen LogP contribution in [0.15, 0.2) is 18.2 Å². The van der Waals surface area contributed by atoms with Gasteiger partial charge in [0.2, 0.25) is 0 Å². The van der Waals surface area contributed by atoms with Crippen LogP contribution >= 0.6 is 0 Å². The molecule has 0 radical (unpaired) electrons. The van der Waals surface area contributed by atoms with Crippen molar-refractivity contribution in [2.45, 2.75) is 25.3 Å². The minimum atomic E-state index is -0.704. The Hall–Kier alpha value is -2.02. The molecule has 1 atom stereocenters. The Morgan fingerprint density at radius 1 is 1.50 bits per heavy atom. The number of hydrogen-bond donors (Lipinski definition) is 1. The SMILES string of the molecule is O=C(c1cc(F)ccc1[N+](=O)[O-])N1CCCCC1CO. The predicted molar refractivity (Wildman–Crippen MR) is 68.8 cm³/mol. The fourth-order valence-corrected chi connectivity index (χ4v) is 2.45. The van der Waals surface area contributed by atoms with Crippen LogP contribution in [0.2, 0.25) is 0 Å². The molecule has 1 aromatic rings. The van der Waals surface area contributed by atoms with Gasteiger partial charge in [-0.15, -0.1) is 0 Å². The second kappa shape index (κ2) is 5.96. The molecule has 0 spiro atoms. The highest BCUT2D eigenvalue weighted by Crippen LogP contribution is 2.25. The number of piperidine rings is 1. The minimum Gasteiger partial charge on any atom is -0.394 e. The lowest BCUT2D eigenvalue weighted by Gasteiger charge is -2.34. The zero-order valence-electron chi connectivity index (χ0n) is 10.8. The van der Waals surface area contributed by atoms with Crippen molar-refractivity contribution >= 4 is 11.6 Å². The Morgan fingerprint density at radius 2 is 2.25 bits per heavy atom. The van der Waals surface area contributed by atoms with Crippen molar-refractivity contribution in [3.63, 3.8) is 0 Å². The first-order valence-electron chi connectivity index (χ1n) is 6.40. The number of benzene rings is 1. The number of aliphatic hydroxyl groups is 1. The van der Waals surface area contributed by atoms with Crippen molar-refractivity contribution in [2.24, 2.45) is 0 Å². The maximum absolute atomic E-state index is 13.3. The zero-order valence-corrected chi connectivity index (χ0v) is 10.8. The molecule has 0 bridgehead atoms.